The zero-order valence-corrected chi connectivity index (χ0v) is 9.74. The van der Waals surface area contributed by atoms with Gasteiger partial charge in [0, 0.05) is 19.6 Å². The molecule has 1 heterocycles. The molecule has 1 atom stereocenters. The predicted octanol–water partition coefficient (Wildman–Crippen LogP) is 1.45. The maximum absolute atomic E-state index is 11.5. The average Bonchev–Trinajstić information content (AvgIpc) is 2.19. The third-order valence-corrected chi connectivity index (χ3v) is 3.07. The summed E-state index contributed by atoms with van der Waals surface area (Å²) >= 11 is 0. The number of nitrogens with zero attached hydrogens (tertiary/aromatic N) is 1. The molecule has 0 bridgehead atoms. The van der Waals surface area contributed by atoms with Crippen LogP contribution in [0.1, 0.15) is 39.0 Å². The monoisotopic (exact) mass is 213 g/mol. The average molecular weight is 213 g/mol. The van der Waals surface area contributed by atoms with Crippen LogP contribution in [0.25, 0.3) is 0 Å². The lowest BCUT2D eigenvalue weighted by molar-refractivity contribution is -0.120. The summed E-state index contributed by atoms with van der Waals surface area (Å²) in [6.07, 6.45) is 4.93. The van der Waals surface area contributed by atoms with Gasteiger partial charge in [-0.15, -0.1) is 0 Å². The summed E-state index contributed by atoms with van der Waals surface area (Å²) in [6, 6.07) is 0. The largest absolute Gasteiger partial charge is 0.396 e. The number of rotatable bonds is 6. The third kappa shape index (κ3) is 4.76. The Labute approximate surface area is 92.5 Å². The first-order valence-electron chi connectivity index (χ1n) is 6.11. The van der Waals surface area contributed by atoms with Gasteiger partial charge in [0.05, 0.1) is 6.54 Å². The molecule has 1 N–H and O–H groups in total. The molecule has 0 amide bonds. The lowest BCUT2D eigenvalue weighted by atomic mass is 9.95. The molecule has 15 heavy (non-hydrogen) atoms. The van der Waals surface area contributed by atoms with Gasteiger partial charge in [-0.3, -0.25) is 9.69 Å². The Kier molecular flexibility index (Phi) is 5.88. The molecule has 0 aliphatic carbocycles. The summed E-state index contributed by atoms with van der Waals surface area (Å²) in [7, 11) is 0. The lowest BCUT2D eigenvalue weighted by Crippen LogP contribution is -2.39. The standard InChI is InChI=1S/C12H23NO2/c1-2-4-12(15)10-13-7-3-5-11(9-13)6-8-14/h11,14H,2-10H2,1H3. The van der Waals surface area contributed by atoms with E-state index in [2.05, 4.69) is 4.90 Å². The number of likely N-dealkylation sites (tertiary alicyclic amines) is 1. The molecular formula is C12H23NO2. The van der Waals surface area contributed by atoms with Crippen LogP contribution in [-0.4, -0.2) is 42.0 Å². The fourth-order valence-electron chi connectivity index (χ4n) is 2.32. The quantitative estimate of drug-likeness (QED) is 0.726. The number of hydrogen-bond acceptors (Lipinski definition) is 3. The summed E-state index contributed by atoms with van der Waals surface area (Å²) in [5.41, 5.74) is 0. The van der Waals surface area contributed by atoms with Gasteiger partial charge in [-0.2, -0.15) is 0 Å². The van der Waals surface area contributed by atoms with Crippen LogP contribution < -0.4 is 0 Å². The summed E-state index contributed by atoms with van der Waals surface area (Å²) in [4.78, 5) is 13.7. The van der Waals surface area contributed by atoms with Crippen molar-refractivity contribution in [2.75, 3.05) is 26.2 Å². The summed E-state index contributed by atoms with van der Waals surface area (Å²) in [5, 5.41) is 8.89. The van der Waals surface area contributed by atoms with Crippen molar-refractivity contribution in [3.63, 3.8) is 0 Å². The molecule has 1 fully saturated rings. The Morgan fingerprint density at radius 2 is 2.33 bits per heavy atom. The fourth-order valence-corrected chi connectivity index (χ4v) is 2.32. The van der Waals surface area contributed by atoms with Crippen LogP contribution in [0.15, 0.2) is 0 Å². The van der Waals surface area contributed by atoms with Gasteiger partial charge in [-0.1, -0.05) is 6.92 Å². The van der Waals surface area contributed by atoms with Crippen LogP contribution in [0, 0.1) is 5.92 Å². The van der Waals surface area contributed by atoms with E-state index in [9.17, 15) is 4.79 Å². The first-order chi connectivity index (χ1) is 7.26. The van der Waals surface area contributed by atoms with E-state index in [1.54, 1.807) is 0 Å². The molecule has 88 valence electrons. The van der Waals surface area contributed by atoms with Crippen molar-refractivity contribution in [2.45, 2.75) is 39.0 Å². The second kappa shape index (κ2) is 6.96. The van der Waals surface area contributed by atoms with Crippen LogP contribution in [0.3, 0.4) is 0 Å². The molecule has 0 spiro atoms. The molecule has 0 aromatic heterocycles. The first kappa shape index (κ1) is 12.7. The van der Waals surface area contributed by atoms with Gasteiger partial charge in [0.15, 0.2) is 0 Å². The highest BCUT2D eigenvalue weighted by Gasteiger charge is 2.20. The topological polar surface area (TPSA) is 40.5 Å². The van der Waals surface area contributed by atoms with E-state index >= 15 is 0 Å². The zero-order chi connectivity index (χ0) is 11.1. The van der Waals surface area contributed by atoms with Crippen molar-refractivity contribution >= 4 is 5.78 Å². The van der Waals surface area contributed by atoms with E-state index in [-0.39, 0.29) is 6.61 Å². The van der Waals surface area contributed by atoms with Gasteiger partial charge < -0.3 is 5.11 Å². The van der Waals surface area contributed by atoms with E-state index in [0.29, 0.717) is 24.7 Å². The highest BCUT2D eigenvalue weighted by molar-refractivity contribution is 5.80. The van der Waals surface area contributed by atoms with Crippen molar-refractivity contribution in [3.05, 3.63) is 0 Å². The Bertz CT molecular complexity index is 192. The third-order valence-electron chi connectivity index (χ3n) is 3.07. The number of ketones is 1. The number of hydrogen-bond donors (Lipinski definition) is 1. The maximum atomic E-state index is 11.5. The van der Waals surface area contributed by atoms with Gasteiger partial charge in [0.25, 0.3) is 0 Å². The SMILES string of the molecule is CCCC(=O)CN1CCCC(CCO)C1. The van der Waals surface area contributed by atoms with Crippen LogP contribution in [0.5, 0.6) is 0 Å². The predicted molar refractivity (Wildman–Crippen MR) is 60.8 cm³/mol. The highest BCUT2D eigenvalue weighted by atomic mass is 16.3. The Hall–Kier alpha value is -0.410. The van der Waals surface area contributed by atoms with E-state index < -0.39 is 0 Å². The minimum absolute atomic E-state index is 0.279. The van der Waals surface area contributed by atoms with Crippen LogP contribution in [0.4, 0.5) is 0 Å². The van der Waals surface area contributed by atoms with Crippen LogP contribution >= 0.6 is 0 Å². The van der Waals surface area contributed by atoms with E-state index in [4.69, 9.17) is 5.11 Å². The molecule has 0 radical (unpaired) electrons. The Morgan fingerprint density at radius 3 is 3.00 bits per heavy atom. The number of carbonyl (C=O) groups is 1. The molecule has 1 unspecified atom stereocenters. The van der Waals surface area contributed by atoms with Gasteiger partial charge in [0.1, 0.15) is 5.78 Å². The summed E-state index contributed by atoms with van der Waals surface area (Å²) in [5.74, 6) is 0.959. The second-order valence-corrected chi connectivity index (χ2v) is 4.54. The minimum atomic E-state index is 0.279. The van der Waals surface area contributed by atoms with Crippen LogP contribution in [-0.2, 0) is 4.79 Å². The molecule has 0 aromatic rings. The smallest absolute Gasteiger partial charge is 0.146 e. The lowest BCUT2D eigenvalue weighted by Gasteiger charge is -2.31. The van der Waals surface area contributed by atoms with Crippen LogP contribution in [0.2, 0.25) is 0 Å². The molecule has 0 aromatic carbocycles. The molecule has 1 saturated heterocycles. The van der Waals surface area contributed by atoms with Gasteiger partial charge in [0.2, 0.25) is 0 Å². The first-order valence-corrected chi connectivity index (χ1v) is 6.11. The van der Waals surface area contributed by atoms with E-state index in [1.807, 2.05) is 6.92 Å². The Balaban J connectivity index is 2.26. The van der Waals surface area contributed by atoms with Gasteiger partial charge in [-0.25, -0.2) is 0 Å². The Morgan fingerprint density at radius 1 is 1.53 bits per heavy atom. The number of aliphatic hydroxyl groups is 1. The molecule has 3 nitrogen and oxygen atoms in total. The molecule has 3 heteroatoms. The zero-order valence-electron chi connectivity index (χ0n) is 9.74. The molecule has 1 aliphatic heterocycles. The number of carbonyl (C=O) groups excluding carboxylic acids is 1. The number of Topliss-reactive ketones (excluding diaryl/α,β-unsaturated/α-hetero) is 1. The van der Waals surface area contributed by atoms with Crippen molar-refractivity contribution in [1.82, 2.24) is 4.90 Å². The number of piperidine rings is 1. The second-order valence-electron chi connectivity index (χ2n) is 4.54. The highest BCUT2D eigenvalue weighted by Crippen LogP contribution is 2.19. The van der Waals surface area contributed by atoms with Crippen molar-refractivity contribution in [1.29, 1.82) is 0 Å². The van der Waals surface area contributed by atoms with Crippen molar-refractivity contribution in [2.24, 2.45) is 5.92 Å². The minimum Gasteiger partial charge on any atom is -0.396 e. The summed E-state index contributed by atoms with van der Waals surface area (Å²) < 4.78 is 0. The van der Waals surface area contributed by atoms with Crippen molar-refractivity contribution in [3.8, 4) is 0 Å². The normalized spacial score (nSPS) is 22.9. The molecule has 1 rings (SSSR count). The van der Waals surface area contributed by atoms with Gasteiger partial charge in [-0.05, 0) is 38.1 Å². The fraction of sp³-hybridized carbons (Fsp3) is 0.917. The van der Waals surface area contributed by atoms with Gasteiger partial charge >= 0.3 is 0 Å². The molecule has 0 saturated carbocycles. The molecular weight excluding hydrogens is 190 g/mol. The van der Waals surface area contributed by atoms with E-state index in [1.165, 1.54) is 12.8 Å². The number of aliphatic hydroxyl groups excluding tert-OH is 1. The molecule has 1 aliphatic rings. The van der Waals surface area contributed by atoms with E-state index in [0.717, 1.165) is 25.9 Å². The van der Waals surface area contributed by atoms with Crippen molar-refractivity contribution < 1.29 is 9.90 Å². The maximum Gasteiger partial charge on any atom is 0.146 e. The summed E-state index contributed by atoms with van der Waals surface area (Å²) in [6.45, 7) is 4.99.